The molecule has 2 saturated carbocycles. The normalized spacial score (nSPS) is 23.4. The van der Waals surface area contributed by atoms with Gasteiger partial charge in [-0.3, -0.25) is 0 Å². The van der Waals surface area contributed by atoms with Crippen molar-refractivity contribution in [3.05, 3.63) is 72.5 Å². The average molecular weight is 553 g/mol. The molecule has 3 nitrogen and oxygen atoms in total. The fraction of sp³-hybridized carbons (Fsp3) is 0.606. The van der Waals surface area contributed by atoms with Gasteiger partial charge in [-0.1, -0.05) is 79.2 Å². The number of ether oxygens (including phenoxy) is 2. The van der Waals surface area contributed by atoms with E-state index in [0.717, 1.165) is 30.9 Å². The van der Waals surface area contributed by atoms with Crippen LogP contribution in [-0.4, -0.2) is 20.5 Å². The van der Waals surface area contributed by atoms with E-state index in [0.29, 0.717) is 5.92 Å². The van der Waals surface area contributed by atoms with E-state index in [1.807, 2.05) is 0 Å². The fourth-order valence-electron chi connectivity index (χ4n) is 5.01. The van der Waals surface area contributed by atoms with Gasteiger partial charge in [-0.25, -0.2) is 8.78 Å². The quantitative estimate of drug-likeness (QED) is 0.145. The van der Waals surface area contributed by atoms with Crippen molar-refractivity contribution < 1.29 is 27.4 Å². The molecule has 222 valence electrons. The molecular weight excluding hydrogens is 501 g/mol. The van der Waals surface area contributed by atoms with Crippen molar-refractivity contribution in [1.82, 2.24) is 0 Å². The molecule has 0 radical (unpaired) electrons. The van der Waals surface area contributed by atoms with Gasteiger partial charge in [0.25, 0.3) is 0 Å². The van der Waals surface area contributed by atoms with E-state index >= 15 is 0 Å². The van der Waals surface area contributed by atoms with Crippen molar-refractivity contribution in [3.63, 3.8) is 0 Å². The lowest BCUT2D eigenvalue weighted by atomic mass is 9.69. The largest absolute Gasteiger partial charge is 0.494 e. The Morgan fingerprint density at radius 1 is 0.769 bits per heavy atom. The molecular formula is C33H51F3O3. The molecule has 0 atom stereocenters. The highest BCUT2D eigenvalue weighted by Crippen LogP contribution is 2.41. The predicted octanol–water partition coefficient (Wildman–Crippen LogP) is 10.4. The molecule has 39 heavy (non-hydrogen) atoms. The highest BCUT2D eigenvalue weighted by molar-refractivity contribution is 5.53. The van der Waals surface area contributed by atoms with Gasteiger partial charge >= 0.3 is 0 Å². The van der Waals surface area contributed by atoms with Crippen molar-refractivity contribution in [1.29, 1.82) is 0 Å². The molecule has 0 aromatic heterocycles. The topological polar surface area (TPSA) is 35.5 Å². The van der Waals surface area contributed by atoms with Gasteiger partial charge in [-0.2, -0.15) is 4.39 Å². The number of hydrogen-bond donors (Lipinski definition) is 0. The molecule has 0 amide bonds. The van der Waals surface area contributed by atoms with Crippen molar-refractivity contribution in [3.8, 4) is 0 Å². The monoisotopic (exact) mass is 552 g/mol. The molecule has 2 aliphatic rings. The predicted molar refractivity (Wildman–Crippen MR) is 157 cm³/mol. The summed E-state index contributed by atoms with van der Waals surface area (Å²) in [6.07, 6.45) is 17.0. The first kappa shape index (κ1) is 36.5. The number of methoxy groups -OCH3 is 2. The molecule has 0 aliphatic heterocycles. The third kappa shape index (κ3) is 13.4. The zero-order valence-corrected chi connectivity index (χ0v) is 24.9. The van der Waals surface area contributed by atoms with Gasteiger partial charge in [-0.05, 0) is 67.9 Å². The maximum atomic E-state index is 13.6. The molecule has 2 rings (SSSR count). The van der Waals surface area contributed by atoms with Crippen molar-refractivity contribution in [2.45, 2.75) is 91.4 Å². The van der Waals surface area contributed by atoms with Gasteiger partial charge in [0.2, 0.25) is 5.83 Å². The Hall–Kier alpha value is -2.50. The number of rotatable bonds is 11. The summed E-state index contributed by atoms with van der Waals surface area (Å²) in [6, 6.07) is 0. The molecule has 2 aliphatic carbocycles. The number of allylic oxidation sites excluding steroid dienone is 6. The van der Waals surface area contributed by atoms with Gasteiger partial charge in [0.1, 0.15) is 17.8 Å². The van der Waals surface area contributed by atoms with Crippen molar-refractivity contribution in [2.24, 2.45) is 23.7 Å². The standard InChI is InChI=1S/C16H28O.C14H15F3O2.C3H8/c1-2-3-13-4-8-15(9-5-13)16-10-6-14(12-17)7-11-16;1-8(7-12(15)10(3)18-5)9(2)13(16)14(17)11(4)19-6;1-3-2/h12-16H,2-11H2,1H3;7H,1-4H2,5-6H3;3H2,1-2H3/b;12-7+,14-13-;. The van der Waals surface area contributed by atoms with Crippen LogP contribution in [0.4, 0.5) is 13.2 Å². The maximum absolute atomic E-state index is 13.6. The second-order valence-electron chi connectivity index (χ2n) is 10.5. The lowest BCUT2D eigenvalue weighted by molar-refractivity contribution is -0.112. The summed E-state index contributed by atoms with van der Waals surface area (Å²) in [5.41, 5.74) is -0.609. The Kier molecular flexibility index (Phi) is 19.1. The van der Waals surface area contributed by atoms with Crippen LogP contribution in [0.25, 0.3) is 0 Å². The van der Waals surface area contributed by atoms with E-state index < -0.39 is 28.8 Å². The molecule has 2 fully saturated rings. The molecule has 0 unspecified atom stereocenters. The Bertz CT molecular complexity index is 855. The van der Waals surface area contributed by atoms with E-state index in [1.54, 1.807) is 0 Å². The van der Waals surface area contributed by atoms with Crippen LogP contribution >= 0.6 is 0 Å². The van der Waals surface area contributed by atoms with Crippen LogP contribution in [0.2, 0.25) is 0 Å². The zero-order chi connectivity index (χ0) is 30.0. The van der Waals surface area contributed by atoms with E-state index in [-0.39, 0.29) is 11.3 Å². The summed E-state index contributed by atoms with van der Waals surface area (Å²) in [5, 5.41) is 0. The summed E-state index contributed by atoms with van der Waals surface area (Å²) < 4.78 is 49.3. The van der Waals surface area contributed by atoms with Gasteiger partial charge in [0, 0.05) is 11.5 Å². The Labute approximate surface area is 235 Å². The minimum absolute atomic E-state index is 0.174. The molecule has 6 heteroatoms. The number of carbonyl (C=O) groups excluding carboxylic acids is 1. The first-order valence-corrected chi connectivity index (χ1v) is 14.2. The SMILES string of the molecule is C=C(/C=C(/F)C(=C)OC)C(=C)/C(F)=C(/F)C(=C)OC.CCC.CCCC1CCC(C2CCC(C=O)CC2)CC1. The fourth-order valence-corrected chi connectivity index (χ4v) is 5.01. The maximum Gasteiger partial charge on any atom is 0.200 e. The van der Waals surface area contributed by atoms with Crippen LogP contribution in [0.15, 0.2) is 72.5 Å². The highest BCUT2D eigenvalue weighted by atomic mass is 19.2. The van der Waals surface area contributed by atoms with Gasteiger partial charge < -0.3 is 14.3 Å². The first-order chi connectivity index (χ1) is 18.5. The van der Waals surface area contributed by atoms with Crippen LogP contribution in [0.3, 0.4) is 0 Å². The highest BCUT2D eigenvalue weighted by Gasteiger charge is 2.30. The number of aldehydes is 1. The molecule has 0 saturated heterocycles. The number of halogens is 3. The Balaban J connectivity index is 0.000000674. The number of carbonyl (C=O) groups is 1. The molecule has 0 spiro atoms. The zero-order valence-electron chi connectivity index (χ0n) is 24.9. The smallest absolute Gasteiger partial charge is 0.200 e. The first-order valence-electron chi connectivity index (χ1n) is 14.2. The third-order valence-electron chi connectivity index (χ3n) is 7.41. The minimum Gasteiger partial charge on any atom is -0.494 e. The lowest BCUT2D eigenvalue weighted by Crippen LogP contribution is -2.26. The summed E-state index contributed by atoms with van der Waals surface area (Å²) in [5.74, 6) is -0.920. The Morgan fingerprint density at radius 2 is 1.23 bits per heavy atom. The van der Waals surface area contributed by atoms with Gasteiger partial charge in [-0.15, -0.1) is 0 Å². The molecule has 0 aromatic carbocycles. The van der Waals surface area contributed by atoms with Crippen LogP contribution in [0.5, 0.6) is 0 Å². The van der Waals surface area contributed by atoms with Crippen LogP contribution in [0, 0.1) is 23.7 Å². The van der Waals surface area contributed by atoms with E-state index in [2.05, 4.69) is 56.6 Å². The Morgan fingerprint density at radius 3 is 1.64 bits per heavy atom. The van der Waals surface area contributed by atoms with Gasteiger partial charge in [0.05, 0.1) is 14.2 Å². The van der Waals surface area contributed by atoms with Crippen molar-refractivity contribution in [2.75, 3.05) is 14.2 Å². The molecule has 0 bridgehead atoms. The second kappa shape index (κ2) is 20.4. The van der Waals surface area contributed by atoms with Crippen LogP contribution in [-0.2, 0) is 14.3 Å². The van der Waals surface area contributed by atoms with Crippen molar-refractivity contribution >= 4 is 6.29 Å². The summed E-state index contributed by atoms with van der Waals surface area (Å²) in [6.45, 7) is 19.6. The minimum atomic E-state index is -1.33. The summed E-state index contributed by atoms with van der Waals surface area (Å²) in [4.78, 5) is 10.8. The molecule has 0 N–H and O–H groups in total. The summed E-state index contributed by atoms with van der Waals surface area (Å²) in [7, 11) is 2.35. The molecule has 0 heterocycles. The lowest BCUT2D eigenvalue weighted by Gasteiger charge is -2.37. The van der Waals surface area contributed by atoms with Crippen LogP contribution < -0.4 is 0 Å². The third-order valence-corrected chi connectivity index (χ3v) is 7.41. The van der Waals surface area contributed by atoms with Crippen LogP contribution in [0.1, 0.15) is 91.4 Å². The van der Waals surface area contributed by atoms with E-state index in [1.165, 1.54) is 84.0 Å². The average Bonchev–Trinajstić information content (AvgIpc) is 2.96. The summed E-state index contributed by atoms with van der Waals surface area (Å²) >= 11 is 0. The van der Waals surface area contributed by atoms with E-state index in [9.17, 15) is 18.0 Å². The second-order valence-corrected chi connectivity index (χ2v) is 10.5. The number of hydrogen-bond acceptors (Lipinski definition) is 3. The molecule has 0 aromatic rings. The van der Waals surface area contributed by atoms with E-state index in [4.69, 9.17) is 0 Å². The van der Waals surface area contributed by atoms with Gasteiger partial charge in [0.15, 0.2) is 11.7 Å².